The highest BCUT2D eigenvalue weighted by atomic mass is 16.5. The number of ketones is 1. The summed E-state index contributed by atoms with van der Waals surface area (Å²) in [7, 11) is 3.27. The van der Waals surface area contributed by atoms with Gasteiger partial charge >= 0.3 is 0 Å². The molecule has 1 aromatic carbocycles. The molecule has 1 saturated carbocycles. The summed E-state index contributed by atoms with van der Waals surface area (Å²) in [5, 5.41) is 0. The van der Waals surface area contributed by atoms with Gasteiger partial charge in [-0.1, -0.05) is 0 Å². The Balaban J connectivity index is 2.45. The lowest BCUT2D eigenvalue weighted by Gasteiger charge is -2.26. The number of aryl methyl sites for hydroxylation is 1. The standard InChI is InChI=1S/C13H16O3/c1-8-6-13(16-3)10(7-12(8)15-2)9-4-5-11(9)14/h6-7,9H,4-5H2,1-3H3/t9-/m0/s1. The Hall–Kier alpha value is -1.51. The SMILES string of the molecule is COc1cc([C@@H]2CCC2=O)c(OC)cc1C. The van der Waals surface area contributed by atoms with Crippen molar-refractivity contribution in [3.8, 4) is 11.5 Å². The Morgan fingerprint density at radius 3 is 2.31 bits per heavy atom. The highest BCUT2D eigenvalue weighted by Crippen LogP contribution is 2.40. The fraction of sp³-hybridized carbons (Fsp3) is 0.462. The summed E-state index contributed by atoms with van der Waals surface area (Å²) < 4.78 is 10.6. The van der Waals surface area contributed by atoms with Crippen LogP contribution < -0.4 is 9.47 Å². The van der Waals surface area contributed by atoms with Gasteiger partial charge < -0.3 is 9.47 Å². The number of ether oxygens (including phenoxy) is 2. The lowest BCUT2D eigenvalue weighted by atomic mass is 9.78. The van der Waals surface area contributed by atoms with Crippen molar-refractivity contribution in [2.45, 2.75) is 25.7 Å². The van der Waals surface area contributed by atoms with E-state index in [0.29, 0.717) is 12.2 Å². The van der Waals surface area contributed by atoms with E-state index in [2.05, 4.69) is 0 Å². The van der Waals surface area contributed by atoms with Gasteiger partial charge in [0, 0.05) is 17.9 Å². The number of hydrogen-bond acceptors (Lipinski definition) is 3. The van der Waals surface area contributed by atoms with E-state index in [4.69, 9.17) is 9.47 Å². The van der Waals surface area contributed by atoms with Crippen LogP contribution in [0, 0.1) is 6.92 Å². The van der Waals surface area contributed by atoms with Gasteiger partial charge in [0.2, 0.25) is 0 Å². The normalized spacial score (nSPS) is 19.2. The fourth-order valence-corrected chi connectivity index (χ4v) is 2.08. The molecule has 0 saturated heterocycles. The van der Waals surface area contributed by atoms with Crippen molar-refractivity contribution in [1.82, 2.24) is 0 Å². The predicted molar refractivity (Wildman–Crippen MR) is 61.3 cm³/mol. The van der Waals surface area contributed by atoms with Crippen LogP contribution in [0.5, 0.6) is 11.5 Å². The van der Waals surface area contributed by atoms with Crippen LogP contribution in [0.2, 0.25) is 0 Å². The van der Waals surface area contributed by atoms with E-state index < -0.39 is 0 Å². The average molecular weight is 220 g/mol. The molecule has 0 bridgehead atoms. The number of methoxy groups -OCH3 is 2. The molecular weight excluding hydrogens is 204 g/mol. The third-order valence-electron chi connectivity index (χ3n) is 3.19. The first-order valence-electron chi connectivity index (χ1n) is 5.42. The smallest absolute Gasteiger partial charge is 0.140 e. The molecule has 0 spiro atoms. The summed E-state index contributed by atoms with van der Waals surface area (Å²) >= 11 is 0. The van der Waals surface area contributed by atoms with Crippen molar-refractivity contribution in [2.24, 2.45) is 0 Å². The number of hydrogen-bond donors (Lipinski definition) is 0. The van der Waals surface area contributed by atoms with Gasteiger partial charge in [-0.15, -0.1) is 0 Å². The molecular formula is C13H16O3. The predicted octanol–water partition coefficient (Wildman–Crippen LogP) is 2.46. The monoisotopic (exact) mass is 220 g/mol. The quantitative estimate of drug-likeness (QED) is 0.785. The molecule has 2 rings (SSSR count). The molecule has 1 aromatic rings. The van der Waals surface area contributed by atoms with Crippen LogP contribution in [-0.4, -0.2) is 20.0 Å². The molecule has 3 nitrogen and oxygen atoms in total. The van der Waals surface area contributed by atoms with Gasteiger partial charge in [0.1, 0.15) is 17.3 Å². The maximum Gasteiger partial charge on any atom is 0.140 e. The molecule has 1 fully saturated rings. The van der Waals surface area contributed by atoms with E-state index in [1.165, 1.54) is 0 Å². The van der Waals surface area contributed by atoms with E-state index in [9.17, 15) is 4.79 Å². The molecule has 0 radical (unpaired) electrons. The first-order valence-corrected chi connectivity index (χ1v) is 5.42. The third-order valence-corrected chi connectivity index (χ3v) is 3.19. The van der Waals surface area contributed by atoms with E-state index >= 15 is 0 Å². The zero-order valence-corrected chi connectivity index (χ0v) is 9.87. The maximum atomic E-state index is 11.5. The van der Waals surface area contributed by atoms with Gasteiger partial charge in [0.15, 0.2) is 0 Å². The zero-order chi connectivity index (χ0) is 11.7. The summed E-state index contributed by atoms with van der Waals surface area (Å²) in [5.41, 5.74) is 1.98. The molecule has 1 aliphatic carbocycles. The van der Waals surface area contributed by atoms with Crippen LogP contribution in [0.1, 0.15) is 29.9 Å². The first kappa shape index (κ1) is 11.0. The highest BCUT2D eigenvalue weighted by Gasteiger charge is 2.32. The molecule has 0 unspecified atom stereocenters. The average Bonchev–Trinajstić information content (AvgIpc) is 2.28. The van der Waals surface area contributed by atoms with Crippen LogP contribution in [0.25, 0.3) is 0 Å². The molecule has 0 amide bonds. The molecule has 0 aromatic heterocycles. The second-order valence-electron chi connectivity index (χ2n) is 4.12. The summed E-state index contributed by atoms with van der Waals surface area (Å²) in [6, 6.07) is 3.86. The van der Waals surface area contributed by atoms with Gasteiger partial charge in [0.05, 0.1) is 14.2 Å². The molecule has 0 N–H and O–H groups in total. The zero-order valence-electron chi connectivity index (χ0n) is 9.87. The summed E-state index contributed by atoms with van der Waals surface area (Å²) in [4.78, 5) is 11.5. The third kappa shape index (κ3) is 1.66. The van der Waals surface area contributed by atoms with Gasteiger partial charge in [-0.3, -0.25) is 4.79 Å². The van der Waals surface area contributed by atoms with Crippen LogP contribution in [-0.2, 0) is 4.79 Å². The molecule has 1 atom stereocenters. The summed E-state index contributed by atoms with van der Waals surface area (Å²) in [5.74, 6) is 1.90. The minimum atomic E-state index is 0.00412. The van der Waals surface area contributed by atoms with Crippen molar-refractivity contribution >= 4 is 5.78 Å². The molecule has 0 aliphatic heterocycles. The number of carbonyl (C=O) groups excluding carboxylic acids is 1. The number of Topliss-reactive ketones (excluding diaryl/α,β-unsaturated/α-hetero) is 1. The van der Waals surface area contributed by atoms with Crippen molar-refractivity contribution in [3.05, 3.63) is 23.3 Å². The molecule has 3 heteroatoms. The van der Waals surface area contributed by atoms with Crippen molar-refractivity contribution in [2.75, 3.05) is 14.2 Å². The van der Waals surface area contributed by atoms with E-state index in [-0.39, 0.29) is 5.92 Å². The van der Waals surface area contributed by atoms with Crippen molar-refractivity contribution in [3.63, 3.8) is 0 Å². The lowest BCUT2D eigenvalue weighted by molar-refractivity contribution is -0.125. The topological polar surface area (TPSA) is 35.5 Å². The van der Waals surface area contributed by atoms with E-state index in [1.807, 2.05) is 19.1 Å². The van der Waals surface area contributed by atoms with Crippen molar-refractivity contribution in [1.29, 1.82) is 0 Å². The molecule has 0 heterocycles. The minimum Gasteiger partial charge on any atom is -0.496 e. The second-order valence-corrected chi connectivity index (χ2v) is 4.12. The Morgan fingerprint density at radius 2 is 1.88 bits per heavy atom. The lowest BCUT2D eigenvalue weighted by Crippen LogP contribution is -2.23. The van der Waals surface area contributed by atoms with Gasteiger partial charge in [-0.25, -0.2) is 0 Å². The minimum absolute atomic E-state index is 0.00412. The number of benzene rings is 1. The van der Waals surface area contributed by atoms with Gasteiger partial charge in [0.25, 0.3) is 0 Å². The summed E-state index contributed by atoms with van der Waals surface area (Å²) in [6.07, 6.45) is 1.60. The number of rotatable bonds is 3. The fourth-order valence-electron chi connectivity index (χ4n) is 2.08. The maximum absolute atomic E-state index is 11.5. The Kier molecular flexibility index (Phi) is 2.86. The summed E-state index contributed by atoms with van der Waals surface area (Å²) in [6.45, 7) is 1.97. The number of carbonyl (C=O) groups is 1. The first-order chi connectivity index (χ1) is 7.67. The second kappa shape index (κ2) is 4.16. The highest BCUT2D eigenvalue weighted by molar-refractivity contribution is 5.92. The Bertz CT molecular complexity index is 423. The van der Waals surface area contributed by atoms with Crippen molar-refractivity contribution < 1.29 is 14.3 Å². The van der Waals surface area contributed by atoms with Gasteiger partial charge in [-0.2, -0.15) is 0 Å². The van der Waals surface area contributed by atoms with E-state index in [1.54, 1.807) is 14.2 Å². The Labute approximate surface area is 95.4 Å². The van der Waals surface area contributed by atoms with Crippen LogP contribution in [0.4, 0.5) is 0 Å². The molecule has 1 aliphatic rings. The van der Waals surface area contributed by atoms with Crippen LogP contribution in [0.15, 0.2) is 12.1 Å². The Morgan fingerprint density at radius 1 is 1.19 bits per heavy atom. The molecule has 16 heavy (non-hydrogen) atoms. The molecule has 86 valence electrons. The van der Waals surface area contributed by atoms with Gasteiger partial charge in [-0.05, 0) is 31.0 Å². The van der Waals surface area contributed by atoms with Crippen LogP contribution in [0.3, 0.4) is 0 Å². The largest absolute Gasteiger partial charge is 0.496 e. The van der Waals surface area contributed by atoms with E-state index in [0.717, 1.165) is 29.0 Å². The van der Waals surface area contributed by atoms with Crippen LogP contribution >= 0.6 is 0 Å².